The molecule has 5 heteroatoms. The average Bonchev–Trinajstić information content (AvgIpc) is 2.66. The number of hydrogen-bond donors (Lipinski definition) is 2. The largest absolute Gasteiger partial charge is 0.417 e. The fourth-order valence-corrected chi connectivity index (χ4v) is 2.69. The Hall–Kier alpha value is -1.59. The van der Waals surface area contributed by atoms with Crippen LogP contribution in [-0.2, 0) is 10.2 Å². The van der Waals surface area contributed by atoms with Crippen LogP contribution < -0.4 is 11.5 Å². The van der Waals surface area contributed by atoms with Gasteiger partial charge in [-0.15, -0.1) is 0 Å². The van der Waals surface area contributed by atoms with Gasteiger partial charge in [0.1, 0.15) is 0 Å². The highest BCUT2D eigenvalue weighted by Gasteiger charge is 2.51. The lowest BCUT2D eigenvalue weighted by Crippen LogP contribution is -2.59. The molecule has 2 heterocycles. The van der Waals surface area contributed by atoms with Crippen molar-refractivity contribution in [3.8, 4) is 0 Å². The molecule has 19 heavy (non-hydrogen) atoms. The van der Waals surface area contributed by atoms with E-state index >= 15 is 0 Å². The van der Waals surface area contributed by atoms with Crippen molar-refractivity contribution in [2.75, 3.05) is 19.8 Å². The zero-order valence-electron chi connectivity index (χ0n) is 11.2. The van der Waals surface area contributed by atoms with Gasteiger partial charge in [-0.25, -0.2) is 4.79 Å². The van der Waals surface area contributed by atoms with Gasteiger partial charge in [-0.3, -0.25) is 4.98 Å². The Balaban J connectivity index is 2.14. The van der Waals surface area contributed by atoms with Crippen LogP contribution in [0.4, 0.5) is 0 Å². The first-order valence-electron chi connectivity index (χ1n) is 6.40. The maximum Gasteiger partial charge on any atom is 0.417 e. The zero-order chi connectivity index (χ0) is 13.7. The Morgan fingerprint density at radius 3 is 2.74 bits per heavy atom. The first kappa shape index (κ1) is 12.4. The van der Waals surface area contributed by atoms with Crippen molar-refractivity contribution < 1.29 is 9.15 Å². The van der Waals surface area contributed by atoms with Gasteiger partial charge in [-0.05, 0) is 29.7 Å². The molecule has 0 unspecified atom stereocenters. The van der Waals surface area contributed by atoms with Gasteiger partial charge in [0.05, 0.1) is 18.7 Å². The molecule has 2 aromatic rings. The highest BCUT2D eigenvalue weighted by atomic mass is 16.5. The number of benzene rings is 1. The Bertz CT molecular complexity index is 665. The smallest absolute Gasteiger partial charge is 0.408 e. The van der Waals surface area contributed by atoms with Crippen molar-refractivity contribution in [2.24, 2.45) is 11.1 Å². The van der Waals surface area contributed by atoms with E-state index in [1.165, 1.54) is 0 Å². The summed E-state index contributed by atoms with van der Waals surface area (Å²) < 4.78 is 10.6. The van der Waals surface area contributed by atoms with E-state index in [0.29, 0.717) is 25.3 Å². The second-order valence-electron chi connectivity index (χ2n) is 5.89. The standard InChI is InChI=1S/C14H18N2O3/c1-13(2,6-15)14(7-18-8-14)9-3-4-10-11(5-9)19-12(17)16-10/h3-5H,6-8,15H2,1-2H3,(H,16,17). The second kappa shape index (κ2) is 3.95. The summed E-state index contributed by atoms with van der Waals surface area (Å²) in [4.78, 5) is 13.9. The van der Waals surface area contributed by atoms with Crippen LogP contribution in [0.1, 0.15) is 19.4 Å². The van der Waals surface area contributed by atoms with Crippen molar-refractivity contribution >= 4 is 11.1 Å². The Morgan fingerprint density at radius 1 is 1.42 bits per heavy atom. The molecule has 1 aromatic heterocycles. The molecule has 1 aliphatic heterocycles. The van der Waals surface area contributed by atoms with Gasteiger partial charge in [-0.2, -0.15) is 0 Å². The number of H-pyrrole nitrogens is 1. The molecule has 1 fully saturated rings. The first-order chi connectivity index (χ1) is 8.98. The molecule has 3 rings (SSSR count). The number of nitrogens with two attached hydrogens (primary N) is 1. The highest BCUT2D eigenvalue weighted by Crippen LogP contribution is 2.47. The van der Waals surface area contributed by atoms with Gasteiger partial charge in [-0.1, -0.05) is 19.9 Å². The van der Waals surface area contributed by atoms with Gasteiger partial charge < -0.3 is 14.9 Å². The van der Waals surface area contributed by atoms with Crippen molar-refractivity contribution in [3.05, 3.63) is 34.3 Å². The van der Waals surface area contributed by atoms with Gasteiger partial charge in [0.2, 0.25) is 0 Å². The van der Waals surface area contributed by atoms with Gasteiger partial charge in [0.15, 0.2) is 5.58 Å². The molecule has 0 spiro atoms. The summed E-state index contributed by atoms with van der Waals surface area (Å²) in [7, 11) is 0. The third-order valence-corrected chi connectivity index (χ3v) is 4.48. The average molecular weight is 262 g/mol. The summed E-state index contributed by atoms with van der Waals surface area (Å²) in [5.74, 6) is -0.427. The van der Waals surface area contributed by atoms with Gasteiger partial charge in [0.25, 0.3) is 0 Å². The van der Waals surface area contributed by atoms with E-state index in [0.717, 1.165) is 11.1 Å². The first-order valence-corrected chi connectivity index (χ1v) is 6.40. The van der Waals surface area contributed by atoms with Crippen LogP contribution in [0.3, 0.4) is 0 Å². The summed E-state index contributed by atoms with van der Waals surface area (Å²) in [6.45, 7) is 6.17. The SMILES string of the molecule is CC(C)(CN)C1(c2ccc3[nH]c(=O)oc3c2)COC1. The summed E-state index contributed by atoms with van der Waals surface area (Å²) >= 11 is 0. The molecule has 1 saturated heterocycles. The monoisotopic (exact) mass is 262 g/mol. The van der Waals surface area contributed by atoms with Crippen LogP contribution in [0.5, 0.6) is 0 Å². The maximum atomic E-state index is 11.2. The van der Waals surface area contributed by atoms with Crippen molar-refractivity contribution in [2.45, 2.75) is 19.3 Å². The predicted octanol–water partition coefficient (Wildman–Crippen LogP) is 1.37. The molecule has 5 nitrogen and oxygen atoms in total. The van der Waals surface area contributed by atoms with E-state index in [1.807, 2.05) is 18.2 Å². The molecule has 1 aliphatic rings. The van der Waals surface area contributed by atoms with Crippen LogP contribution in [-0.4, -0.2) is 24.7 Å². The molecule has 0 atom stereocenters. The minimum atomic E-state index is -0.427. The number of fused-ring (bicyclic) bond motifs is 1. The summed E-state index contributed by atoms with van der Waals surface area (Å²) in [6.07, 6.45) is 0. The maximum absolute atomic E-state index is 11.2. The number of aromatic nitrogens is 1. The van der Waals surface area contributed by atoms with E-state index in [9.17, 15) is 4.79 Å². The van der Waals surface area contributed by atoms with Crippen molar-refractivity contribution in [1.82, 2.24) is 4.98 Å². The summed E-state index contributed by atoms with van der Waals surface area (Å²) in [5, 5.41) is 0. The quantitative estimate of drug-likeness (QED) is 0.875. The molecule has 3 N–H and O–H groups in total. The molecule has 0 aliphatic carbocycles. The Labute approximate surface area is 110 Å². The number of oxazole rings is 1. The normalized spacial score (nSPS) is 18.5. The lowest BCUT2D eigenvalue weighted by molar-refractivity contribution is -0.116. The van der Waals surface area contributed by atoms with E-state index in [2.05, 4.69) is 18.8 Å². The van der Waals surface area contributed by atoms with Crippen molar-refractivity contribution in [3.63, 3.8) is 0 Å². The number of rotatable bonds is 3. The molecule has 102 valence electrons. The van der Waals surface area contributed by atoms with Crippen molar-refractivity contribution in [1.29, 1.82) is 0 Å². The Kier molecular flexibility index (Phi) is 2.59. The zero-order valence-corrected chi connectivity index (χ0v) is 11.2. The molecule has 0 saturated carbocycles. The predicted molar refractivity (Wildman–Crippen MR) is 72.2 cm³/mol. The van der Waals surface area contributed by atoms with Crippen LogP contribution in [0.25, 0.3) is 11.1 Å². The van der Waals surface area contributed by atoms with Crippen LogP contribution >= 0.6 is 0 Å². The topological polar surface area (TPSA) is 81.3 Å². The third kappa shape index (κ3) is 1.65. The van der Waals surface area contributed by atoms with Crippen LogP contribution in [0.2, 0.25) is 0 Å². The second-order valence-corrected chi connectivity index (χ2v) is 5.89. The fourth-order valence-electron chi connectivity index (χ4n) is 2.69. The minimum Gasteiger partial charge on any atom is -0.408 e. The molecule has 0 radical (unpaired) electrons. The third-order valence-electron chi connectivity index (χ3n) is 4.48. The highest BCUT2D eigenvalue weighted by molar-refractivity contribution is 5.73. The van der Waals surface area contributed by atoms with E-state index < -0.39 is 5.76 Å². The summed E-state index contributed by atoms with van der Waals surface area (Å²) in [5.41, 5.74) is 8.16. The molecule has 0 bridgehead atoms. The van der Waals surface area contributed by atoms with E-state index in [-0.39, 0.29) is 10.8 Å². The van der Waals surface area contributed by atoms with E-state index in [1.54, 1.807) is 0 Å². The van der Waals surface area contributed by atoms with Crippen LogP contribution in [0.15, 0.2) is 27.4 Å². The van der Waals surface area contributed by atoms with E-state index in [4.69, 9.17) is 14.9 Å². The number of aromatic amines is 1. The number of nitrogens with one attached hydrogen (secondary N) is 1. The number of ether oxygens (including phenoxy) is 1. The molecular formula is C14H18N2O3. The molecular weight excluding hydrogens is 244 g/mol. The van der Waals surface area contributed by atoms with Gasteiger partial charge in [0, 0.05) is 5.41 Å². The lowest BCUT2D eigenvalue weighted by Gasteiger charge is -2.52. The summed E-state index contributed by atoms with van der Waals surface area (Å²) in [6, 6.07) is 5.82. The fraction of sp³-hybridized carbons (Fsp3) is 0.500. The number of hydrogen-bond acceptors (Lipinski definition) is 4. The molecule has 1 aromatic carbocycles. The lowest BCUT2D eigenvalue weighted by atomic mass is 9.60. The molecule has 0 amide bonds. The van der Waals surface area contributed by atoms with Crippen LogP contribution in [0, 0.1) is 5.41 Å². The van der Waals surface area contributed by atoms with Gasteiger partial charge >= 0.3 is 5.76 Å². The Morgan fingerprint density at radius 2 is 2.16 bits per heavy atom. The minimum absolute atomic E-state index is 0.0739.